The van der Waals surface area contributed by atoms with Gasteiger partial charge in [-0.15, -0.1) is 0 Å². The standard InChI is InChI=1S/C12H18N4/c1-2-16-11-12(10-14-16)4-3-7-15-8-5-13-6-9-15/h10-11,13H,2,5-9H2,1H3. The van der Waals surface area contributed by atoms with E-state index in [1.54, 1.807) is 0 Å². The summed E-state index contributed by atoms with van der Waals surface area (Å²) in [4.78, 5) is 2.37. The van der Waals surface area contributed by atoms with Crippen molar-refractivity contribution >= 4 is 0 Å². The Morgan fingerprint density at radius 3 is 2.94 bits per heavy atom. The summed E-state index contributed by atoms with van der Waals surface area (Å²) >= 11 is 0. The van der Waals surface area contributed by atoms with Gasteiger partial charge < -0.3 is 5.32 Å². The fraction of sp³-hybridized carbons (Fsp3) is 0.583. The third-order valence-electron chi connectivity index (χ3n) is 2.70. The normalized spacial score (nSPS) is 16.8. The molecule has 1 aromatic rings. The summed E-state index contributed by atoms with van der Waals surface area (Å²) < 4.78 is 1.90. The Balaban J connectivity index is 1.84. The number of aryl methyl sites for hydroxylation is 1. The molecule has 1 aliphatic heterocycles. The molecule has 2 rings (SSSR count). The van der Waals surface area contributed by atoms with Gasteiger partial charge in [-0.2, -0.15) is 5.10 Å². The van der Waals surface area contributed by atoms with Crippen LogP contribution in [0.25, 0.3) is 0 Å². The van der Waals surface area contributed by atoms with Gasteiger partial charge in [-0.1, -0.05) is 11.8 Å². The largest absolute Gasteiger partial charge is 0.314 e. The Labute approximate surface area is 96.6 Å². The zero-order valence-electron chi connectivity index (χ0n) is 9.74. The molecule has 0 amide bonds. The molecule has 16 heavy (non-hydrogen) atoms. The number of aromatic nitrogens is 2. The lowest BCUT2D eigenvalue weighted by atomic mass is 10.3. The molecule has 0 spiro atoms. The van der Waals surface area contributed by atoms with E-state index < -0.39 is 0 Å². The minimum absolute atomic E-state index is 0.860. The molecule has 4 heteroatoms. The van der Waals surface area contributed by atoms with Gasteiger partial charge in [0.25, 0.3) is 0 Å². The second kappa shape index (κ2) is 5.69. The summed E-state index contributed by atoms with van der Waals surface area (Å²) in [6.07, 6.45) is 3.82. The molecular formula is C12H18N4. The molecule has 0 aliphatic carbocycles. The molecule has 1 fully saturated rings. The molecule has 1 saturated heterocycles. The molecule has 4 nitrogen and oxygen atoms in total. The lowest BCUT2D eigenvalue weighted by molar-refractivity contribution is 0.268. The predicted molar refractivity (Wildman–Crippen MR) is 64.1 cm³/mol. The van der Waals surface area contributed by atoms with Crippen LogP contribution < -0.4 is 5.32 Å². The monoisotopic (exact) mass is 218 g/mol. The fourth-order valence-corrected chi connectivity index (χ4v) is 1.72. The summed E-state index contributed by atoms with van der Waals surface area (Å²) in [5, 5.41) is 7.52. The Hall–Kier alpha value is -1.31. The van der Waals surface area contributed by atoms with Crippen LogP contribution in [0.3, 0.4) is 0 Å². The zero-order valence-corrected chi connectivity index (χ0v) is 9.74. The lowest BCUT2D eigenvalue weighted by Gasteiger charge is -2.24. The predicted octanol–water partition coefficient (Wildman–Crippen LogP) is 0.160. The summed E-state index contributed by atoms with van der Waals surface area (Å²) in [7, 11) is 0. The van der Waals surface area contributed by atoms with E-state index >= 15 is 0 Å². The average Bonchev–Trinajstić information content (AvgIpc) is 2.78. The van der Waals surface area contributed by atoms with Crippen molar-refractivity contribution in [3.05, 3.63) is 18.0 Å². The SMILES string of the molecule is CCn1cc(C#CCN2CCNCC2)cn1. The van der Waals surface area contributed by atoms with Gasteiger partial charge in [0.1, 0.15) is 0 Å². The van der Waals surface area contributed by atoms with E-state index in [1.807, 2.05) is 17.1 Å². The first kappa shape index (κ1) is 11.2. The van der Waals surface area contributed by atoms with Crippen LogP contribution in [-0.4, -0.2) is 47.4 Å². The van der Waals surface area contributed by atoms with Gasteiger partial charge in [0.2, 0.25) is 0 Å². The maximum atomic E-state index is 4.19. The van der Waals surface area contributed by atoms with Gasteiger partial charge in [0.05, 0.1) is 18.3 Å². The van der Waals surface area contributed by atoms with E-state index in [-0.39, 0.29) is 0 Å². The first-order chi connectivity index (χ1) is 7.88. The molecule has 0 radical (unpaired) electrons. The van der Waals surface area contributed by atoms with Crippen LogP contribution in [0.4, 0.5) is 0 Å². The molecule has 0 bridgehead atoms. The second-order valence-corrected chi connectivity index (χ2v) is 3.91. The van der Waals surface area contributed by atoms with E-state index in [4.69, 9.17) is 0 Å². The summed E-state index contributed by atoms with van der Waals surface area (Å²) in [6, 6.07) is 0. The number of hydrogen-bond acceptors (Lipinski definition) is 3. The molecule has 0 unspecified atom stereocenters. The number of hydrogen-bond donors (Lipinski definition) is 1. The van der Waals surface area contributed by atoms with Crippen molar-refractivity contribution in [3.63, 3.8) is 0 Å². The smallest absolute Gasteiger partial charge is 0.0646 e. The van der Waals surface area contributed by atoms with Crippen molar-refractivity contribution in [2.24, 2.45) is 0 Å². The van der Waals surface area contributed by atoms with Gasteiger partial charge in [-0.3, -0.25) is 9.58 Å². The van der Waals surface area contributed by atoms with E-state index in [0.717, 1.165) is 44.8 Å². The van der Waals surface area contributed by atoms with Crippen molar-refractivity contribution in [2.45, 2.75) is 13.5 Å². The highest BCUT2D eigenvalue weighted by atomic mass is 15.3. The molecule has 0 saturated carbocycles. The topological polar surface area (TPSA) is 33.1 Å². The van der Waals surface area contributed by atoms with Gasteiger partial charge >= 0.3 is 0 Å². The quantitative estimate of drug-likeness (QED) is 0.718. The maximum absolute atomic E-state index is 4.19. The zero-order chi connectivity index (χ0) is 11.2. The van der Waals surface area contributed by atoms with Crippen LogP contribution in [0.1, 0.15) is 12.5 Å². The van der Waals surface area contributed by atoms with Crippen LogP contribution >= 0.6 is 0 Å². The van der Waals surface area contributed by atoms with Gasteiger partial charge in [-0.25, -0.2) is 0 Å². The Kier molecular flexibility index (Phi) is 3.97. The lowest BCUT2D eigenvalue weighted by Crippen LogP contribution is -2.43. The van der Waals surface area contributed by atoms with Crippen molar-refractivity contribution in [1.82, 2.24) is 20.0 Å². The van der Waals surface area contributed by atoms with E-state index in [2.05, 4.69) is 34.1 Å². The Bertz CT molecular complexity index is 379. The maximum Gasteiger partial charge on any atom is 0.0646 e. The molecule has 1 aromatic heterocycles. The van der Waals surface area contributed by atoms with E-state index in [0.29, 0.717) is 0 Å². The highest BCUT2D eigenvalue weighted by Crippen LogP contribution is 1.95. The van der Waals surface area contributed by atoms with Gasteiger partial charge in [0.15, 0.2) is 0 Å². The molecular weight excluding hydrogens is 200 g/mol. The van der Waals surface area contributed by atoms with Crippen LogP contribution in [-0.2, 0) is 6.54 Å². The highest BCUT2D eigenvalue weighted by Gasteiger charge is 2.06. The first-order valence-corrected chi connectivity index (χ1v) is 5.83. The van der Waals surface area contributed by atoms with Crippen LogP contribution in [0.2, 0.25) is 0 Å². The van der Waals surface area contributed by atoms with Crippen LogP contribution in [0.5, 0.6) is 0 Å². The van der Waals surface area contributed by atoms with Crippen LogP contribution in [0.15, 0.2) is 12.4 Å². The Morgan fingerprint density at radius 2 is 2.25 bits per heavy atom. The van der Waals surface area contributed by atoms with Crippen molar-refractivity contribution < 1.29 is 0 Å². The highest BCUT2D eigenvalue weighted by molar-refractivity contribution is 5.29. The number of rotatable bonds is 2. The second-order valence-electron chi connectivity index (χ2n) is 3.91. The summed E-state index contributed by atoms with van der Waals surface area (Å²) in [6.45, 7) is 8.19. The van der Waals surface area contributed by atoms with Crippen molar-refractivity contribution in [1.29, 1.82) is 0 Å². The molecule has 86 valence electrons. The van der Waals surface area contributed by atoms with E-state index in [1.165, 1.54) is 0 Å². The average molecular weight is 218 g/mol. The molecule has 0 aromatic carbocycles. The molecule has 1 N–H and O–H groups in total. The van der Waals surface area contributed by atoms with Gasteiger partial charge in [-0.05, 0) is 6.92 Å². The third kappa shape index (κ3) is 3.09. The van der Waals surface area contributed by atoms with Crippen LogP contribution in [0, 0.1) is 11.8 Å². The molecule has 2 heterocycles. The first-order valence-electron chi connectivity index (χ1n) is 5.83. The molecule has 1 aliphatic rings. The third-order valence-corrected chi connectivity index (χ3v) is 2.70. The number of nitrogens with zero attached hydrogens (tertiary/aromatic N) is 3. The number of piperazine rings is 1. The Morgan fingerprint density at radius 1 is 1.44 bits per heavy atom. The number of nitrogens with one attached hydrogen (secondary N) is 1. The van der Waals surface area contributed by atoms with Crippen molar-refractivity contribution in [3.8, 4) is 11.8 Å². The minimum atomic E-state index is 0.860. The summed E-state index contributed by atoms with van der Waals surface area (Å²) in [5.74, 6) is 6.35. The summed E-state index contributed by atoms with van der Waals surface area (Å²) in [5.41, 5.74) is 1.01. The van der Waals surface area contributed by atoms with E-state index in [9.17, 15) is 0 Å². The minimum Gasteiger partial charge on any atom is -0.314 e. The van der Waals surface area contributed by atoms with Gasteiger partial charge in [0, 0.05) is 38.9 Å². The molecule has 0 atom stereocenters. The van der Waals surface area contributed by atoms with Crippen molar-refractivity contribution in [2.75, 3.05) is 32.7 Å². The fourth-order valence-electron chi connectivity index (χ4n) is 1.72.